The first-order valence-corrected chi connectivity index (χ1v) is 12.9. The van der Waals surface area contributed by atoms with Crippen LogP contribution in [0.4, 0.5) is 34.6 Å². The third-order valence-electron chi connectivity index (χ3n) is 6.45. The first-order valence-electron chi connectivity index (χ1n) is 12.9. The summed E-state index contributed by atoms with van der Waals surface area (Å²) in [6.07, 6.45) is 4.09. The number of nitrogens with two attached hydrogens (primary N) is 2. The lowest BCUT2D eigenvalue weighted by Crippen LogP contribution is -2.17. The summed E-state index contributed by atoms with van der Waals surface area (Å²) in [5.41, 5.74) is 14.8. The molecule has 0 bridgehead atoms. The van der Waals surface area contributed by atoms with E-state index in [1.165, 1.54) is 51.5 Å². The molecule has 0 saturated carbocycles. The zero-order valence-corrected chi connectivity index (χ0v) is 24.5. The first-order chi connectivity index (χ1) is 21.0. The van der Waals surface area contributed by atoms with Gasteiger partial charge in [0.25, 0.3) is 11.8 Å². The van der Waals surface area contributed by atoms with Crippen molar-refractivity contribution in [1.29, 1.82) is 0 Å². The van der Waals surface area contributed by atoms with Crippen molar-refractivity contribution in [3.05, 3.63) is 47.3 Å². The minimum atomic E-state index is -0.357. The minimum absolute atomic E-state index is 0.141. The molecule has 0 aliphatic carbocycles. The van der Waals surface area contributed by atoms with E-state index in [0.717, 1.165) is 0 Å². The molecule has 20 nitrogen and oxygen atoms in total. The highest BCUT2D eigenvalue weighted by molar-refractivity contribution is 5.98. The SMILES string of the molecule is CNC(=O)c1cnn(C)c1N=Nc1c(C)nn(-c2cc(-n3nc(C)c(N=Nc4c(C(=O)NC)cnn4C)c3N)ncn2)c1N. The van der Waals surface area contributed by atoms with Crippen molar-refractivity contribution in [1.82, 2.24) is 59.7 Å². The molecular formula is C24H28N18O2. The highest BCUT2D eigenvalue weighted by atomic mass is 16.2. The molecule has 20 heteroatoms. The highest BCUT2D eigenvalue weighted by Gasteiger charge is 2.21. The number of nitrogen functional groups attached to an aromatic ring is 2. The average molecular weight is 601 g/mol. The number of hydrogen-bond donors (Lipinski definition) is 4. The standard InChI is InChI=1S/C24H28N18O2/c1-11-17(33-35-21-13(23(43)27-3)8-31-39(21)5)19(25)41(37-11)15-7-16(30-10-29-15)42-20(26)18(12(2)38-42)34-36-22-14(24(44)28-4)9-32-40(22)6/h7-10H,25-26H2,1-6H3,(H,27,43)(H,28,44). The predicted octanol–water partition coefficient (Wildman–Crippen LogP) is 1.65. The van der Waals surface area contributed by atoms with Crippen molar-refractivity contribution in [2.75, 3.05) is 25.6 Å². The van der Waals surface area contributed by atoms with Crippen LogP contribution in [0.25, 0.3) is 11.6 Å². The van der Waals surface area contributed by atoms with E-state index in [4.69, 9.17) is 11.5 Å². The summed E-state index contributed by atoms with van der Waals surface area (Å²) in [6.45, 7) is 3.41. The molecule has 0 fully saturated rings. The Kier molecular flexibility index (Phi) is 7.62. The van der Waals surface area contributed by atoms with Gasteiger partial charge >= 0.3 is 0 Å². The molecule has 0 saturated heterocycles. The molecule has 0 atom stereocenters. The lowest BCUT2D eigenvalue weighted by atomic mass is 10.3. The van der Waals surface area contributed by atoms with Crippen LogP contribution in [0.3, 0.4) is 0 Å². The minimum Gasteiger partial charge on any atom is -0.382 e. The van der Waals surface area contributed by atoms with Gasteiger partial charge in [-0.1, -0.05) is 0 Å². The Morgan fingerprint density at radius 1 is 0.727 bits per heavy atom. The van der Waals surface area contributed by atoms with Crippen molar-refractivity contribution in [3.63, 3.8) is 0 Å². The van der Waals surface area contributed by atoms with Crippen molar-refractivity contribution < 1.29 is 9.59 Å². The molecule has 6 N–H and O–H groups in total. The lowest BCUT2D eigenvalue weighted by molar-refractivity contribution is 0.0955. The number of amides is 2. The molecule has 2 amide bonds. The van der Waals surface area contributed by atoms with Crippen LogP contribution in [0.5, 0.6) is 0 Å². The maximum absolute atomic E-state index is 12.2. The number of aryl methyl sites for hydroxylation is 4. The normalized spacial score (nSPS) is 11.6. The Morgan fingerprint density at radius 2 is 1.14 bits per heavy atom. The van der Waals surface area contributed by atoms with Gasteiger partial charge in [-0.25, -0.2) is 19.3 Å². The molecule has 0 aliphatic heterocycles. The van der Waals surface area contributed by atoms with Crippen molar-refractivity contribution >= 4 is 46.5 Å². The molecule has 5 heterocycles. The molecule has 0 radical (unpaired) electrons. The van der Waals surface area contributed by atoms with E-state index < -0.39 is 0 Å². The molecule has 0 spiro atoms. The number of nitrogens with one attached hydrogen (secondary N) is 2. The Hall–Kier alpha value is -6.34. The maximum atomic E-state index is 12.2. The Morgan fingerprint density at radius 3 is 1.52 bits per heavy atom. The van der Waals surface area contributed by atoms with Gasteiger partial charge in [-0.2, -0.15) is 29.8 Å². The summed E-state index contributed by atoms with van der Waals surface area (Å²) in [6, 6.07) is 1.57. The fourth-order valence-electron chi connectivity index (χ4n) is 4.12. The molecule has 0 unspecified atom stereocenters. The molecule has 44 heavy (non-hydrogen) atoms. The number of carbonyl (C=O) groups is 2. The summed E-state index contributed by atoms with van der Waals surface area (Å²) in [5.74, 6) is 0.642. The van der Waals surface area contributed by atoms with Gasteiger partial charge in [0, 0.05) is 34.3 Å². The van der Waals surface area contributed by atoms with Crippen LogP contribution in [-0.4, -0.2) is 75.0 Å². The van der Waals surface area contributed by atoms with E-state index in [1.54, 1.807) is 34.0 Å². The topological polar surface area (TPSA) is 257 Å². The second-order valence-electron chi connectivity index (χ2n) is 9.27. The van der Waals surface area contributed by atoms with E-state index >= 15 is 0 Å². The van der Waals surface area contributed by atoms with E-state index in [-0.39, 0.29) is 57.6 Å². The van der Waals surface area contributed by atoms with E-state index in [1.807, 2.05) is 0 Å². The third kappa shape index (κ3) is 5.10. The second-order valence-corrected chi connectivity index (χ2v) is 9.27. The van der Waals surface area contributed by atoms with Gasteiger partial charge < -0.3 is 22.1 Å². The first kappa shape index (κ1) is 29.2. The number of carbonyl (C=O) groups excluding carboxylic acids is 2. The largest absolute Gasteiger partial charge is 0.382 e. The van der Waals surface area contributed by atoms with Crippen molar-refractivity contribution in [2.45, 2.75) is 13.8 Å². The van der Waals surface area contributed by atoms with Gasteiger partial charge in [-0.15, -0.1) is 20.5 Å². The number of anilines is 2. The van der Waals surface area contributed by atoms with Crippen LogP contribution in [-0.2, 0) is 14.1 Å². The Bertz CT molecular complexity index is 1820. The summed E-state index contributed by atoms with van der Waals surface area (Å²) in [4.78, 5) is 32.9. The average Bonchev–Trinajstić information content (AvgIpc) is 3.74. The summed E-state index contributed by atoms with van der Waals surface area (Å²) >= 11 is 0. The van der Waals surface area contributed by atoms with Crippen molar-refractivity contribution in [2.24, 2.45) is 34.6 Å². The molecule has 5 rings (SSSR count). The van der Waals surface area contributed by atoms with Gasteiger partial charge in [0.2, 0.25) is 0 Å². The summed E-state index contributed by atoms with van der Waals surface area (Å²) < 4.78 is 5.58. The smallest absolute Gasteiger partial charge is 0.256 e. The lowest BCUT2D eigenvalue weighted by Gasteiger charge is -2.06. The Balaban J connectivity index is 1.47. The van der Waals surface area contributed by atoms with Gasteiger partial charge in [0.05, 0.1) is 23.8 Å². The van der Waals surface area contributed by atoms with Gasteiger partial charge in [0.1, 0.15) is 17.5 Å². The molecule has 226 valence electrons. The number of hydrogen-bond acceptors (Lipinski definition) is 14. The molecular weight excluding hydrogens is 572 g/mol. The van der Waals surface area contributed by atoms with Gasteiger partial charge in [-0.05, 0) is 13.8 Å². The number of aromatic nitrogens is 10. The second kappa shape index (κ2) is 11.5. The highest BCUT2D eigenvalue weighted by Crippen LogP contribution is 2.33. The van der Waals surface area contributed by atoms with E-state index in [0.29, 0.717) is 23.0 Å². The van der Waals surface area contributed by atoms with Crippen LogP contribution in [0.15, 0.2) is 45.2 Å². The fraction of sp³-hybridized carbons (Fsp3) is 0.250. The van der Waals surface area contributed by atoms with E-state index in [2.05, 4.69) is 61.5 Å². The summed E-state index contributed by atoms with van der Waals surface area (Å²) in [5, 5.41) is 39.1. The van der Waals surface area contributed by atoms with E-state index in [9.17, 15) is 9.59 Å². The van der Waals surface area contributed by atoms with Crippen LogP contribution < -0.4 is 22.1 Å². The predicted molar refractivity (Wildman–Crippen MR) is 156 cm³/mol. The van der Waals surface area contributed by atoms with Crippen LogP contribution >= 0.6 is 0 Å². The van der Waals surface area contributed by atoms with Crippen LogP contribution in [0.1, 0.15) is 32.1 Å². The number of nitrogens with zero attached hydrogens (tertiary/aromatic N) is 14. The van der Waals surface area contributed by atoms with Crippen molar-refractivity contribution in [3.8, 4) is 11.6 Å². The zero-order valence-electron chi connectivity index (χ0n) is 24.5. The maximum Gasteiger partial charge on any atom is 0.256 e. The molecule has 0 aliphatic rings. The quantitative estimate of drug-likeness (QED) is 0.187. The number of rotatable bonds is 8. The third-order valence-corrected chi connectivity index (χ3v) is 6.45. The molecule has 5 aromatic rings. The molecule has 0 aromatic carbocycles. The monoisotopic (exact) mass is 600 g/mol. The number of azo groups is 2. The summed E-state index contributed by atoms with van der Waals surface area (Å²) in [7, 11) is 6.29. The zero-order chi connectivity index (χ0) is 31.7. The van der Waals surface area contributed by atoms with Crippen LogP contribution in [0, 0.1) is 13.8 Å². The molecule has 5 aromatic heterocycles. The van der Waals surface area contributed by atoms with Crippen LogP contribution in [0.2, 0.25) is 0 Å². The van der Waals surface area contributed by atoms with Gasteiger partial charge in [-0.3, -0.25) is 9.59 Å². The fourth-order valence-corrected chi connectivity index (χ4v) is 4.12. The van der Waals surface area contributed by atoms with Gasteiger partial charge in [0.15, 0.2) is 46.3 Å². The Labute approximate surface area is 248 Å².